The SMILES string of the molecule is BC(B)(Cl)C(B)(B)N(c1ccc(C[C@H](N)C(=O)N[C@@H](Cc2ccc(F)cc2)C(=O)OCC)cc1)C(B)(B)C(B)(B)Cl. The zero-order valence-electron chi connectivity index (χ0n) is 25.8. The van der Waals surface area contributed by atoms with Gasteiger partial charge >= 0.3 is 5.97 Å². The van der Waals surface area contributed by atoms with Crippen LogP contribution in [0.15, 0.2) is 48.5 Å². The van der Waals surface area contributed by atoms with Gasteiger partial charge in [0.05, 0.1) is 12.6 Å². The quantitative estimate of drug-likeness (QED) is 0.138. The number of rotatable bonds is 13. The molecular formula is C24H38B8Cl2FN3O3. The monoisotopic (exact) mass is 593 g/mol. The fraction of sp³-hybridized carbons (Fsp3) is 0.417. The van der Waals surface area contributed by atoms with Crippen molar-refractivity contribution in [3.05, 3.63) is 65.5 Å². The van der Waals surface area contributed by atoms with Crippen molar-refractivity contribution in [2.24, 2.45) is 5.73 Å². The smallest absolute Gasteiger partial charge is 0.328 e. The topological polar surface area (TPSA) is 84.7 Å². The zero-order chi connectivity index (χ0) is 31.4. The molecule has 212 valence electrons. The molecule has 2 aromatic rings. The number of nitrogens with one attached hydrogen (secondary N) is 1. The van der Waals surface area contributed by atoms with Crippen LogP contribution in [0.25, 0.3) is 0 Å². The van der Waals surface area contributed by atoms with Crippen molar-refractivity contribution in [2.45, 2.75) is 51.9 Å². The number of hydrogen-bond donors (Lipinski definition) is 2. The number of nitrogens with two attached hydrogens (primary N) is 1. The molecule has 0 saturated heterocycles. The van der Waals surface area contributed by atoms with Crippen LogP contribution in [0.5, 0.6) is 0 Å². The van der Waals surface area contributed by atoms with E-state index in [0.717, 1.165) is 11.3 Å². The fourth-order valence-electron chi connectivity index (χ4n) is 4.57. The molecule has 0 unspecified atom stereocenters. The minimum atomic E-state index is -0.947. The number of alkyl halides is 2. The maximum absolute atomic E-state index is 13.3. The van der Waals surface area contributed by atoms with E-state index in [4.69, 9.17) is 33.7 Å². The molecular weight excluding hydrogens is 555 g/mol. The highest BCUT2D eigenvalue weighted by atomic mass is 35.5. The molecule has 6 nitrogen and oxygen atoms in total. The van der Waals surface area contributed by atoms with Crippen molar-refractivity contribution in [1.82, 2.24) is 5.32 Å². The van der Waals surface area contributed by atoms with Crippen LogP contribution in [-0.2, 0) is 27.2 Å². The third-order valence-corrected chi connectivity index (χ3v) is 9.18. The van der Waals surface area contributed by atoms with Gasteiger partial charge in [-0.2, -0.15) is 0 Å². The lowest BCUT2D eigenvalue weighted by atomic mass is 9.36. The standard InChI is InChI=1S/C24H38B8Cl2FN3O3/c1-2-41-20(40)18(12-14-3-7-15(35)8-4-14)37-19(39)17(36)11-13-5-9-16(10-6-13)38(23(29,30)21(25,26)33)24(31,32)22(27,28)34/h3-10,17-18H,2,11-12,25-32,36H2,1H3,(H,37,39)/t17-,18-/m0/s1. The van der Waals surface area contributed by atoms with E-state index in [-0.39, 0.29) is 25.3 Å². The second-order valence-electron chi connectivity index (χ2n) is 12.5. The lowest BCUT2D eigenvalue weighted by molar-refractivity contribution is -0.147. The molecule has 0 saturated carbocycles. The highest BCUT2D eigenvalue weighted by molar-refractivity contribution is 6.73. The molecule has 17 heteroatoms. The van der Waals surface area contributed by atoms with Crippen LogP contribution in [0.2, 0.25) is 0 Å². The first-order chi connectivity index (χ1) is 18.7. The zero-order valence-corrected chi connectivity index (χ0v) is 27.3. The third-order valence-electron chi connectivity index (χ3n) is 8.26. The van der Waals surface area contributed by atoms with Gasteiger partial charge in [-0.3, -0.25) is 4.79 Å². The number of nitrogens with zero attached hydrogens (tertiary/aromatic N) is 1. The van der Waals surface area contributed by atoms with E-state index in [1.807, 2.05) is 55.7 Å². The van der Waals surface area contributed by atoms with Crippen molar-refractivity contribution >= 4 is 104 Å². The first kappa shape index (κ1) is 35.4. The highest BCUT2D eigenvalue weighted by Gasteiger charge is 2.49. The number of esters is 1. The minimum Gasteiger partial charge on any atom is -0.464 e. The molecule has 41 heavy (non-hydrogen) atoms. The molecule has 0 aliphatic rings. The molecule has 2 rings (SSSR count). The third kappa shape index (κ3) is 8.84. The van der Waals surface area contributed by atoms with E-state index < -0.39 is 44.0 Å². The van der Waals surface area contributed by atoms with Crippen molar-refractivity contribution in [3.8, 4) is 0 Å². The number of ether oxygens (including phenoxy) is 1. The first-order valence-electron chi connectivity index (χ1n) is 14.0. The van der Waals surface area contributed by atoms with E-state index in [0.29, 0.717) is 5.56 Å². The highest BCUT2D eigenvalue weighted by Crippen LogP contribution is 2.38. The van der Waals surface area contributed by atoms with Gasteiger partial charge in [0, 0.05) is 12.1 Å². The van der Waals surface area contributed by atoms with E-state index in [1.54, 1.807) is 19.1 Å². The Morgan fingerprint density at radius 2 is 1.32 bits per heavy atom. The number of carbonyl (C=O) groups excluding carboxylic acids is 2. The number of hydrogen-bond acceptors (Lipinski definition) is 5. The lowest BCUT2D eigenvalue weighted by Crippen LogP contribution is -2.76. The number of carbonyl (C=O) groups is 2. The molecule has 3 N–H and O–H groups in total. The molecule has 0 aliphatic carbocycles. The number of halogens is 3. The second kappa shape index (κ2) is 13.6. The second-order valence-corrected chi connectivity index (χ2v) is 14.4. The van der Waals surface area contributed by atoms with Crippen LogP contribution < -0.4 is 16.0 Å². The average Bonchev–Trinajstić information content (AvgIpc) is 2.84. The molecule has 2 atom stereocenters. The normalized spacial score (nSPS) is 14.1. The minimum absolute atomic E-state index is 0.154. The van der Waals surface area contributed by atoms with Crippen molar-refractivity contribution in [1.29, 1.82) is 0 Å². The summed E-state index contributed by atoms with van der Waals surface area (Å²) in [5.74, 6) is -1.44. The molecule has 0 aromatic heterocycles. The maximum atomic E-state index is 13.3. The van der Waals surface area contributed by atoms with E-state index in [9.17, 15) is 14.0 Å². The number of benzene rings is 2. The Morgan fingerprint density at radius 3 is 1.76 bits per heavy atom. The van der Waals surface area contributed by atoms with Crippen molar-refractivity contribution < 1.29 is 18.7 Å². The van der Waals surface area contributed by atoms with Gasteiger partial charge in [0.15, 0.2) is 0 Å². The van der Waals surface area contributed by atoms with Crippen molar-refractivity contribution in [2.75, 3.05) is 11.5 Å². The van der Waals surface area contributed by atoms with Gasteiger partial charge in [-0.25, -0.2) is 9.18 Å². The van der Waals surface area contributed by atoms with Gasteiger partial charge in [-0.1, -0.05) is 24.3 Å². The van der Waals surface area contributed by atoms with Crippen LogP contribution in [-0.4, -0.2) is 113 Å². The summed E-state index contributed by atoms with van der Waals surface area (Å²) in [7, 11) is 16.4. The lowest BCUT2D eigenvalue weighted by Gasteiger charge is -2.60. The van der Waals surface area contributed by atoms with E-state index >= 15 is 0 Å². The van der Waals surface area contributed by atoms with E-state index in [1.165, 1.54) is 12.1 Å². The van der Waals surface area contributed by atoms with Crippen LogP contribution >= 0.6 is 23.2 Å². The molecule has 0 bridgehead atoms. The predicted octanol–water partition coefficient (Wildman–Crippen LogP) is -5.05. The Balaban J connectivity index is 2.25. The van der Waals surface area contributed by atoms with Crippen LogP contribution in [0.1, 0.15) is 18.1 Å². The molecule has 0 fully saturated rings. The van der Waals surface area contributed by atoms with Gasteiger partial charge in [0.2, 0.25) is 5.91 Å². The van der Waals surface area contributed by atoms with Crippen LogP contribution in [0.4, 0.5) is 10.1 Å². The summed E-state index contributed by atoms with van der Waals surface area (Å²) in [6.45, 7) is 1.86. The Kier molecular flexibility index (Phi) is 11.8. The summed E-state index contributed by atoms with van der Waals surface area (Å²) in [6.07, 6.45) is 0.411. The maximum Gasteiger partial charge on any atom is 0.328 e. The summed E-state index contributed by atoms with van der Waals surface area (Å²) in [5.41, 5.74) is 8.75. The summed E-state index contributed by atoms with van der Waals surface area (Å²) >= 11 is 13.8. The molecule has 0 radical (unpaired) electrons. The van der Waals surface area contributed by atoms with Crippen molar-refractivity contribution in [3.63, 3.8) is 0 Å². The number of anilines is 1. The van der Waals surface area contributed by atoms with Gasteiger partial charge in [0.25, 0.3) is 0 Å². The Morgan fingerprint density at radius 1 is 0.878 bits per heavy atom. The average molecular weight is 593 g/mol. The molecule has 0 aliphatic heterocycles. The first-order valence-corrected chi connectivity index (χ1v) is 14.7. The van der Waals surface area contributed by atoms with Gasteiger partial charge in [0.1, 0.15) is 74.6 Å². The van der Waals surface area contributed by atoms with Crippen LogP contribution in [0.3, 0.4) is 0 Å². The Hall–Kier alpha value is -1.83. The fourth-order valence-corrected chi connectivity index (χ4v) is 4.74. The molecule has 0 spiro atoms. The Labute approximate surface area is 261 Å². The predicted molar refractivity (Wildman–Crippen MR) is 190 cm³/mol. The van der Waals surface area contributed by atoms with Gasteiger partial charge < -0.3 is 20.7 Å². The van der Waals surface area contributed by atoms with E-state index in [2.05, 4.69) is 41.6 Å². The molecule has 2 aromatic carbocycles. The van der Waals surface area contributed by atoms with Crippen LogP contribution in [0, 0.1) is 5.82 Å². The largest absolute Gasteiger partial charge is 0.464 e. The Bertz CT molecular complexity index is 1170. The van der Waals surface area contributed by atoms with Gasteiger partial charge in [-0.15, -0.1) is 23.2 Å². The number of amides is 1. The molecule has 1 amide bonds. The molecule has 0 heterocycles. The summed E-state index contributed by atoms with van der Waals surface area (Å²) in [5, 5.41) is 1.73. The van der Waals surface area contributed by atoms with Gasteiger partial charge in [-0.05, 0) is 68.8 Å². The summed E-state index contributed by atoms with van der Waals surface area (Å²) in [6, 6.07) is 11.7. The summed E-state index contributed by atoms with van der Waals surface area (Å²) < 4.78 is 17.3. The summed E-state index contributed by atoms with van der Waals surface area (Å²) in [4.78, 5) is 27.8.